The van der Waals surface area contributed by atoms with Gasteiger partial charge in [0.05, 0.1) is 25.4 Å². The van der Waals surface area contributed by atoms with Gasteiger partial charge in [-0.15, -0.1) is 0 Å². The second-order valence-electron chi connectivity index (χ2n) is 14.4. The average Bonchev–Trinajstić information content (AvgIpc) is 3.13. The van der Waals surface area contributed by atoms with E-state index in [1.807, 2.05) is 6.08 Å². The lowest BCUT2D eigenvalue weighted by Crippen LogP contribution is -2.60. The van der Waals surface area contributed by atoms with Crippen molar-refractivity contribution in [3.63, 3.8) is 0 Å². The van der Waals surface area contributed by atoms with Crippen molar-refractivity contribution in [3.05, 3.63) is 36.5 Å². The molecule has 9 nitrogen and oxygen atoms in total. The molecule has 7 unspecified atom stereocenters. The Morgan fingerprint density at radius 3 is 1.75 bits per heavy atom. The molecule has 1 amide bonds. The molecular weight excluding hydrogens is 646 g/mol. The summed E-state index contributed by atoms with van der Waals surface area (Å²) in [7, 11) is 0. The summed E-state index contributed by atoms with van der Waals surface area (Å²) >= 11 is 0. The SMILES string of the molecule is CCCC/C=C\C/C=C\CCCCCCCC(=O)NC(COC1OC(CO)C(O)C(O)C1O)C(O)/C=C/CCCCCCCCCCCCCC. The van der Waals surface area contributed by atoms with E-state index in [1.165, 1.54) is 77.0 Å². The molecule has 51 heavy (non-hydrogen) atoms. The summed E-state index contributed by atoms with van der Waals surface area (Å²) in [4.78, 5) is 12.9. The van der Waals surface area contributed by atoms with Gasteiger partial charge in [-0.1, -0.05) is 153 Å². The van der Waals surface area contributed by atoms with Crippen LogP contribution in [-0.2, 0) is 14.3 Å². The number of rotatable bonds is 33. The van der Waals surface area contributed by atoms with Crippen LogP contribution in [0.4, 0.5) is 0 Å². The normalized spacial score (nSPS) is 22.4. The van der Waals surface area contributed by atoms with Crippen LogP contribution in [0.15, 0.2) is 36.5 Å². The first-order chi connectivity index (χ1) is 24.8. The predicted molar refractivity (Wildman–Crippen MR) is 207 cm³/mol. The lowest BCUT2D eigenvalue weighted by molar-refractivity contribution is -0.302. The number of nitrogens with one attached hydrogen (secondary N) is 1. The summed E-state index contributed by atoms with van der Waals surface area (Å²) in [6, 6.07) is -0.809. The summed E-state index contributed by atoms with van der Waals surface area (Å²) in [5.41, 5.74) is 0. The number of carbonyl (C=O) groups excluding carboxylic acids is 1. The van der Waals surface area contributed by atoms with Gasteiger partial charge in [0.15, 0.2) is 6.29 Å². The minimum atomic E-state index is -1.57. The van der Waals surface area contributed by atoms with Crippen LogP contribution in [0.3, 0.4) is 0 Å². The molecule has 1 aliphatic heterocycles. The van der Waals surface area contributed by atoms with Crippen LogP contribution in [-0.4, -0.2) is 87.5 Å². The van der Waals surface area contributed by atoms with Gasteiger partial charge in [0, 0.05) is 6.42 Å². The lowest BCUT2D eigenvalue weighted by atomic mass is 9.99. The predicted octanol–water partition coefficient (Wildman–Crippen LogP) is 7.72. The van der Waals surface area contributed by atoms with Gasteiger partial charge in [0.2, 0.25) is 5.91 Å². The zero-order valence-electron chi connectivity index (χ0n) is 32.4. The number of aliphatic hydroxyl groups excluding tert-OH is 5. The molecule has 0 aromatic carbocycles. The average molecular weight is 724 g/mol. The second kappa shape index (κ2) is 33.0. The Morgan fingerprint density at radius 1 is 0.667 bits per heavy atom. The van der Waals surface area contributed by atoms with Crippen molar-refractivity contribution in [2.45, 2.75) is 211 Å². The van der Waals surface area contributed by atoms with Gasteiger partial charge in [0.1, 0.15) is 24.4 Å². The Balaban J connectivity index is 2.44. The van der Waals surface area contributed by atoms with E-state index < -0.39 is 49.5 Å². The number of carbonyl (C=O) groups is 1. The van der Waals surface area contributed by atoms with Crippen LogP contribution in [0.2, 0.25) is 0 Å². The van der Waals surface area contributed by atoms with Crippen molar-refractivity contribution in [1.29, 1.82) is 0 Å². The molecule has 1 rings (SSSR count). The van der Waals surface area contributed by atoms with E-state index in [0.717, 1.165) is 70.6 Å². The first kappa shape index (κ1) is 47.4. The van der Waals surface area contributed by atoms with Gasteiger partial charge < -0.3 is 40.3 Å². The number of aliphatic hydroxyl groups is 5. The molecule has 1 aliphatic rings. The van der Waals surface area contributed by atoms with E-state index in [-0.39, 0.29) is 12.5 Å². The first-order valence-corrected chi connectivity index (χ1v) is 20.7. The molecular formula is C42H77NO8. The molecule has 0 aliphatic carbocycles. The zero-order valence-corrected chi connectivity index (χ0v) is 32.4. The third-order valence-corrected chi connectivity index (χ3v) is 9.71. The fraction of sp³-hybridized carbons (Fsp3) is 0.833. The Bertz CT molecular complexity index is 894. The second-order valence-corrected chi connectivity index (χ2v) is 14.4. The molecule has 9 heteroatoms. The maximum atomic E-state index is 12.9. The van der Waals surface area contributed by atoms with E-state index in [9.17, 15) is 30.3 Å². The van der Waals surface area contributed by atoms with Crippen LogP contribution in [0.1, 0.15) is 168 Å². The smallest absolute Gasteiger partial charge is 0.220 e. The number of allylic oxidation sites excluding steroid dienone is 5. The fourth-order valence-electron chi connectivity index (χ4n) is 6.29. The van der Waals surface area contributed by atoms with Crippen molar-refractivity contribution in [2.75, 3.05) is 13.2 Å². The number of unbranched alkanes of at least 4 members (excludes halogenated alkanes) is 19. The molecule has 0 spiro atoms. The summed E-state index contributed by atoms with van der Waals surface area (Å²) in [6.45, 7) is 3.70. The van der Waals surface area contributed by atoms with Gasteiger partial charge in [-0.2, -0.15) is 0 Å². The van der Waals surface area contributed by atoms with Gasteiger partial charge in [-0.05, 0) is 44.9 Å². The Morgan fingerprint density at radius 2 is 1.18 bits per heavy atom. The van der Waals surface area contributed by atoms with E-state index in [1.54, 1.807) is 6.08 Å². The number of hydrogen-bond donors (Lipinski definition) is 6. The fourth-order valence-corrected chi connectivity index (χ4v) is 6.29. The third-order valence-electron chi connectivity index (χ3n) is 9.71. The standard InChI is InChI=1S/C42H77NO8/c1-3-5-7-9-11-13-15-17-19-21-23-25-27-29-31-36(45)35(34-50-42-41(49)40(48)39(47)37(33-44)51-42)43-38(46)32-30-28-26-24-22-20-18-16-14-12-10-8-6-4-2/h10,12,16,18,29,31,35-37,39-42,44-45,47-49H,3-9,11,13-15,17,19-28,30,32-34H2,1-2H3,(H,43,46)/b12-10-,18-16-,31-29+. The van der Waals surface area contributed by atoms with Crippen LogP contribution in [0, 0.1) is 0 Å². The van der Waals surface area contributed by atoms with Crippen LogP contribution < -0.4 is 5.32 Å². The van der Waals surface area contributed by atoms with E-state index in [0.29, 0.717) is 6.42 Å². The topological polar surface area (TPSA) is 149 Å². The summed E-state index contributed by atoms with van der Waals surface area (Å²) in [5.74, 6) is -0.194. The minimum absolute atomic E-state index is 0.194. The van der Waals surface area contributed by atoms with Crippen LogP contribution in [0.25, 0.3) is 0 Å². The van der Waals surface area contributed by atoms with Gasteiger partial charge >= 0.3 is 0 Å². The molecule has 0 bridgehead atoms. The Hall–Kier alpha value is -1.59. The summed E-state index contributed by atoms with van der Waals surface area (Å²) in [6.07, 6.45) is 31.8. The molecule has 7 atom stereocenters. The lowest BCUT2D eigenvalue weighted by Gasteiger charge is -2.40. The third kappa shape index (κ3) is 24.4. The van der Waals surface area contributed by atoms with E-state index in [2.05, 4.69) is 43.5 Å². The largest absolute Gasteiger partial charge is 0.394 e. The molecule has 0 saturated carbocycles. The highest BCUT2D eigenvalue weighted by molar-refractivity contribution is 5.76. The number of ether oxygens (including phenoxy) is 2. The quantitative estimate of drug-likeness (QED) is 0.0298. The molecule has 1 heterocycles. The summed E-state index contributed by atoms with van der Waals surface area (Å²) < 4.78 is 11.2. The van der Waals surface area contributed by atoms with Gasteiger partial charge in [-0.3, -0.25) is 4.79 Å². The van der Waals surface area contributed by atoms with Gasteiger partial charge in [0.25, 0.3) is 0 Å². The first-order valence-electron chi connectivity index (χ1n) is 20.7. The maximum absolute atomic E-state index is 12.9. The van der Waals surface area contributed by atoms with Gasteiger partial charge in [-0.25, -0.2) is 0 Å². The molecule has 0 aromatic rings. The molecule has 0 aromatic heterocycles. The number of amides is 1. The van der Waals surface area contributed by atoms with E-state index >= 15 is 0 Å². The Labute approximate surface area is 311 Å². The monoisotopic (exact) mass is 724 g/mol. The molecule has 0 radical (unpaired) electrons. The highest BCUT2D eigenvalue weighted by Gasteiger charge is 2.44. The van der Waals surface area contributed by atoms with Crippen LogP contribution in [0.5, 0.6) is 0 Å². The minimum Gasteiger partial charge on any atom is -0.394 e. The summed E-state index contributed by atoms with van der Waals surface area (Å²) in [5, 5.41) is 54.0. The van der Waals surface area contributed by atoms with Crippen molar-refractivity contribution in [3.8, 4) is 0 Å². The maximum Gasteiger partial charge on any atom is 0.220 e. The highest BCUT2D eigenvalue weighted by atomic mass is 16.7. The highest BCUT2D eigenvalue weighted by Crippen LogP contribution is 2.22. The van der Waals surface area contributed by atoms with Crippen molar-refractivity contribution in [2.24, 2.45) is 0 Å². The van der Waals surface area contributed by atoms with Crippen LogP contribution >= 0.6 is 0 Å². The van der Waals surface area contributed by atoms with Crippen molar-refractivity contribution >= 4 is 5.91 Å². The van der Waals surface area contributed by atoms with E-state index in [4.69, 9.17) is 9.47 Å². The Kier molecular flexibility index (Phi) is 30.7. The molecule has 298 valence electrons. The van der Waals surface area contributed by atoms with Crippen molar-refractivity contribution in [1.82, 2.24) is 5.32 Å². The zero-order chi connectivity index (χ0) is 37.4. The molecule has 1 saturated heterocycles. The van der Waals surface area contributed by atoms with Crippen molar-refractivity contribution < 1.29 is 39.8 Å². The molecule has 1 fully saturated rings. The number of hydrogen-bond acceptors (Lipinski definition) is 8. The molecule has 6 N–H and O–H groups in total.